The number of carboxylic acids is 1. The summed E-state index contributed by atoms with van der Waals surface area (Å²) in [7, 11) is 0. The lowest BCUT2D eigenvalue weighted by Gasteiger charge is -2.22. The Bertz CT molecular complexity index is 534. The molecule has 96 valence electrons. The molecule has 3 atom stereocenters. The number of hydrogen-bond acceptors (Lipinski definition) is 2. The topological polar surface area (TPSA) is 59.3 Å². The molecule has 1 aromatic heterocycles. The molecule has 0 saturated heterocycles. The van der Waals surface area contributed by atoms with E-state index in [9.17, 15) is 9.59 Å². The molecule has 4 heteroatoms. The summed E-state index contributed by atoms with van der Waals surface area (Å²) in [4.78, 5) is 22.9. The molecule has 0 aliphatic heterocycles. The zero-order valence-corrected chi connectivity index (χ0v) is 10.2. The number of carbonyl (C=O) groups is 1. The fraction of sp³-hybridized carbons (Fsp3) is 0.571. The third-order valence-electron chi connectivity index (χ3n) is 4.57. The SMILES string of the molecule is O=C(O)c1cccn(CC2CC3CCC2C3)c1=O. The van der Waals surface area contributed by atoms with Gasteiger partial charge in [-0.05, 0) is 49.1 Å². The minimum absolute atomic E-state index is 0.124. The lowest BCUT2D eigenvalue weighted by atomic mass is 9.89. The van der Waals surface area contributed by atoms with E-state index in [1.807, 2.05) is 0 Å². The Balaban J connectivity index is 1.83. The van der Waals surface area contributed by atoms with Crippen LogP contribution in [0.15, 0.2) is 23.1 Å². The Labute approximate surface area is 105 Å². The van der Waals surface area contributed by atoms with E-state index in [4.69, 9.17) is 5.11 Å². The minimum atomic E-state index is -1.14. The van der Waals surface area contributed by atoms with Crippen molar-refractivity contribution in [2.75, 3.05) is 0 Å². The van der Waals surface area contributed by atoms with Crippen molar-refractivity contribution in [2.24, 2.45) is 17.8 Å². The third kappa shape index (κ3) is 1.85. The summed E-state index contributed by atoms with van der Waals surface area (Å²) in [5.41, 5.74) is -0.492. The van der Waals surface area contributed by atoms with E-state index in [0.717, 1.165) is 11.8 Å². The summed E-state index contributed by atoms with van der Waals surface area (Å²) in [6, 6.07) is 3.03. The van der Waals surface area contributed by atoms with Gasteiger partial charge in [-0.2, -0.15) is 0 Å². The molecule has 2 bridgehead atoms. The number of carboxylic acid groups (broad SMARTS) is 1. The van der Waals surface area contributed by atoms with Gasteiger partial charge >= 0.3 is 5.97 Å². The second-order valence-corrected chi connectivity index (χ2v) is 5.62. The zero-order valence-electron chi connectivity index (χ0n) is 10.2. The fourth-order valence-corrected chi connectivity index (χ4v) is 3.70. The Morgan fingerprint density at radius 1 is 1.39 bits per heavy atom. The lowest BCUT2D eigenvalue weighted by molar-refractivity contribution is 0.0694. The van der Waals surface area contributed by atoms with Crippen LogP contribution < -0.4 is 5.56 Å². The molecule has 2 saturated carbocycles. The van der Waals surface area contributed by atoms with E-state index in [-0.39, 0.29) is 11.1 Å². The molecule has 2 aliphatic rings. The van der Waals surface area contributed by atoms with E-state index >= 15 is 0 Å². The van der Waals surface area contributed by atoms with Gasteiger partial charge in [0.25, 0.3) is 5.56 Å². The van der Waals surface area contributed by atoms with Crippen molar-refractivity contribution in [3.05, 3.63) is 34.2 Å². The fourth-order valence-electron chi connectivity index (χ4n) is 3.70. The molecule has 4 nitrogen and oxygen atoms in total. The smallest absolute Gasteiger partial charge is 0.341 e. The van der Waals surface area contributed by atoms with E-state index < -0.39 is 5.97 Å². The van der Waals surface area contributed by atoms with Gasteiger partial charge in [-0.3, -0.25) is 4.79 Å². The first-order valence-corrected chi connectivity index (χ1v) is 6.58. The number of fused-ring (bicyclic) bond motifs is 2. The van der Waals surface area contributed by atoms with Crippen LogP contribution in [-0.4, -0.2) is 15.6 Å². The molecule has 0 amide bonds. The molecule has 1 aromatic rings. The zero-order chi connectivity index (χ0) is 12.7. The van der Waals surface area contributed by atoms with Gasteiger partial charge in [0.2, 0.25) is 0 Å². The van der Waals surface area contributed by atoms with Crippen molar-refractivity contribution in [1.29, 1.82) is 0 Å². The van der Waals surface area contributed by atoms with Crippen molar-refractivity contribution in [3.8, 4) is 0 Å². The summed E-state index contributed by atoms with van der Waals surface area (Å²) in [5.74, 6) is 1.02. The molecule has 0 radical (unpaired) electrons. The average Bonchev–Trinajstić information content (AvgIpc) is 2.93. The average molecular weight is 247 g/mol. The molecule has 0 aromatic carbocycles. The van der Waals surface area contributed by atoms with Gasteiger partial charge < -0.3 is 9.67 Å². The summed E-state index contributed by atoms with van der Waals surface area (Å²) < 4.78 is 1.58. The quantitative estimate of drug-likeness (QED) is 0.888. The van der Waals surface area contributed by atoms with Crippen LogP contribution in [0.3, 0.4) is 0 Å². The van der Waals surface area contributed by atoms with Crippen molar-refractivity contribution in [2.45, 2.75) is 32.2 Å². The highest BCUT2D eigenvalue weighted by molar-refractivity contribution is 5.86. The van der Waals surface area contributed by atoms with Gasteiger partial charge in [0.15, 0.2) is 0 Å². The van der Waals surface area contributed by atoms with Crippen LogP contribution in [0.25, 0.3) is 0 Å². The monoisotopic (exact) mass is 247 g/mol. The molecule has 0 spiro atoms. The first-order valence-electron chi connectivity index (χ1n) is 6.58. The molecule has 3 unspecified atom stereocenters. The number of rotatable bonds is 3. The second kappa shape index (κ2) is 4.26. The Hall–Kier alpha value is -1.58. The predicted molar refractivity (Wildman–Crippen MR) is 66.6 cm³/mol. The van der Waals surface area contributed by atoms with Crippen LogP contribution in [0.1, 0.15) is 36.0 Å². The summed E-state index contributed by atoms with van der Waals surface area (Å²) in [5, 5.41) is 8.94. The normalized spacial score (nSPS) is 29.7. The van der Waals surface area contributed by atoms with Crippen molar-refractivity contribution in [3.63, 3.8) is 0 Å². The molecule has 3 rings (SSSR count). The molecule has 2 aliphatic carbocycles. The van der Waals surface area contributed by atoms with Crippen LogP contribution in [0.5, 0.6) is 0 Å². The van der Waals surface area contributed by atoms with Crippen molar-refractivity contribution >= 4 is 5.97 Å². The molecule has 1 heterocycles. The highest BCUT2D eigenvalue weighted by Gasteiger charge is 2.39. The van der Waals surface area contributed by atoms with Crippen molar-refractivity contribution in [1.82, 2.24) is 4.57 Å². The van der Waals surface area contributed by atoms with Gasteiger partial charge in [0, 0.05) is 12.7 Å². The first-order chi connectivity index (χ1) is 8.65. The molecular formula is C14H17NO3. The predicted octanol–water partition coefficient (Wildman–Crippen LogP) is 1.98. The van der Waals surface area contributed by atoms with Gasteiger partial charge in [-0.1, -0.05) is 6.42 Å². The number of hydrogen-bond donors (Lipinski definition) is 1. The van der Waals surface area contributed by atoms with Crippen LogP contribution in [0, 0.1) is 17.8 Å². The highest BCUT2D eigenvalue weighted by Crippen LogP contribution is 2.48. The van der Waals surface area contributed by atoms with E-state index in [2.05, 4.69) is 0 Å². The van der Waals surface area contributed by atoms with Gasteiger partial charge in [0.05, 0.1) is 0 Å². The minimum Gasteiger partial charge on any atom is -0.477 e. The van der Waals surface area contributed by atoms with Crippen LogP contribution in [0.4, 0.5) is 0 Å². The maximum atomic E-state index is 12.0. The lowest BCUT2D eigenvalue weighted by Crippen LogP contribution is -2.29. The molecular weight excluding hydrogens is 230 g/mol. The molecule has 18 heavy (non-hydrogen) atoms. The van der Waals surface area contributed by atoms with Crippen LogP contribution >= 0.6 is 0 Å². The van der Waals surface area contributed by atoms with E-state index in [0.29, 0.717) is 12.5 Å². The maximum Gasteiger partial charge on any atom is 0.341 e. The number of nitrogens with zero attached hydrogens (tertiary/aromatic N) is 1. The Morgan fingerprint density at radius 3 is 2.83 bits per heavy atom. The Kier molecular flexibility index (Phi) is 2.73. The number of aromatic carboxylic acids is 1. The van der Waals surface area contributed by atoms with Gasteiger partial charge in [-0.25, -0.2) is 4.79 Å². The molecule has 2 fully saturated rings. The van der Waals surface area contributed by atoms with E-state index in [1.165, 1.54) is 31.7 Å². The summed E-state index contributed by atoms with van der Waals surface area (Å²) >= 11 is 0. The summed E-state index contributed by atoms with van der Waals surface area (Å²) in [6.07, 6.45) is 6.83. The van der Waals surface area contributed by atoms with Gasteiger partial charge in [0.1, 0.15) is 5.56 Å². The second-order valence-electron chi connectivity index (χ2n) is 5.62. The number of aromatic nitrogens is 1. The maximum absolute atomic E-state index is 12.0. The van der Waals surface area contributed by atoms with Crippen LogP contribution in [0.2, 0.25) is 0 Å². The Morgan fingerprint density at radius 2 is 2.22 bits per heavy atom. The van der Waals surface area contributed by atoms with E-state index in [1.54, 1.807) is 16.8 Å². The standard InChI is InChI=1S/C14H17NO3/c16-13-12(14(17)18)2-1-5-15(13)8-11-7-9-3-4-10(11)6-9/h1-2,5,9-11H,3-4,6-8H2,(H,17,18). The first kappa shape index (κ1) is 11.5. The third-order valence-corrected chi connectivity index (χ3v) is 4.57. The van der Waals surface area contributed by atoms with Crippen LogP contribution in [-0.2, 0) is 6.54 Å². The number of pyridine rings is 1. The highest BCUT2D eigenvalue weighted by atomic mass is 16.4. The molecule has 1 N–H and O–H groups in total. The summed E-state index contributed by atoms with van der Waals surface area (Å²) in [6.45, 7) is 0.682. The van der Waals surface area contributed by atoms with Gasteiger partial charge in [-0.15, -0.1) is 0 Å². The van der Waals surface area contributed by atoms with Crippen molar-refractivity contribution < 1.29 is 9.90 Å². The largest absolute Gasteiger partial charge is 0.477 e.